The van der Waals surface area contributed by atoms with Crippen LogP contribution >= 0.6 is 11.3 Å². The lowest BCUT2D eigenvalue weighted by Crippen LogP contribution is -2.40. The third kappa shape index (κ3) is 4.52. The number of hydrogen-bond acceptors (Lipinski definition) is 4. The van der Waals surface area contributed by atoms with E-state index in [1.807, 2.05) is 68.2 Å². The van der Waals surface area contributed by atoms with E-state index in [9.17, 15) is 9.59 Å². The molecule has 1 aliphatic rings. The number of likely N-dealkylation sites (N-methyl/N-ethyl adjacent to an activating group) is 1. The second-order valence-electron chi connectivity index (χ2n) is 8.51. The highest BCUT2D eigenvalue weighted by atomic mass is 32.1. The van der Waals surface area contributed by atoms with Crippen LogP contribution in [0, 0.1) is 5.41 Å². The van der Waals surface area contributed by atoms with E-state index >= 15 is 0 Å². The molecule has 0 saturated heterocycles. The number of hydrogen-bond donors (Lipinski definition) is 0. The maximum atomic E-state index is 13.1. The van der Waals surface area contributed by atoms with Crippen LogP contribution in [0.4, 0.5) is 0 Å². The van der Waals surface area contributed by atoms with Crippen molar-refractivity contribution in [3.8, 4) is 0 Å². The number of rotatable bonds is 5. The molecule has 1 aliphatic heterocycles. The van der Waals surface area contributed by atoms with Crippen LogP contribution < -0.4 is 0 Å². The van der Waals surface area contributed by atoms with Crippen molar-refractivity contribution in [2.75, 3.05) is 13.6 Å². The van der Waals surface area contributed by atoms with Crippen LogP contribution in [0.5, 0.6) is 0 Å². The second kappa shape index (κ2) is 7.91. The molecule has 150 valence electrons. The monoisotopic (exact) mass is 400 g/mol. The molecule has 0 fully saturated rings. The fourth-order valence-electron chi connectivity index (χ4n) is 3.33. The number of nitrogens with zero attached hydrogens (tertiary/aromatic N) is 4. The summed E-state index contributed by atoms with van der Waals surface area (Å²) in [6.45, 7) is 6.08. The van der Waals surface area contributed by atoms with Gasteiger partial charge in [0.1, 0.15) is 12.6 Å². The standard InChI is InChI=1S/C21H28N4O2S/c1-21(2,3)13-19(26)24(5)14-20(27)25-17(16-8-6-10-23(16)4)12-15(22-25)18-9-7-11-28-18/h6-11,17H,12-14H2,1-5H3. The van der Waals surface area contributed by atoms with Crippen LogP contribution in [-0.2, 0) is 16.6 Å². The summed E-state index contributed by atoms with van der Waals surface area (Å²) in [7, 11) is 3.66. The summed E-state index contributed by atoms with van der Waals surface area (Å²) in [6, 6.07) is 7.85. The molecule has 3 rings (SSSR count). The van der Waals surface area contributed by atoms with Crippen LogP contribution in [0.3, 0.4) is 0 Å². The molecule has 3 heterocycles. The van der Waals surface area contributed by atoms with E-state index in [2.05, 4.69) is 5.10 Å². The Morgan fingerprint density at radius 2 is 2.04 bits per heavy atom. The summed E-state index contributed by atoms with van der Waals surface area (Å²) >= 11 is 1.62. The van der Waals surface area contributed by atoms with E-state index in [0.29, 0.717) is 12.8 Å². The highest BCUT2D eigenvalue weighted by Gasteiger charge is 2.35. The summed E-state index contributed by atoms with van der Waals surface area (Å²) < 4.78 is 2.02. The second-order valence-corrected chi connectivity index (χ2v) is 9.46. The Labute approximate surface area is 170 Å². The van der Waals surface area contributed by atoms with Crippen LogP contribution in [0.2, 0.25) is 0 Å². The van der Waals surface area contributed by atoms with Gasteiger partial charge in [-0.2, -0.15) is 5.10 Å². The summed E-state index contributed by atoms with van der Waals surface area (Å²) in [4.78, 5) is 28.1. The first kappa shape index (κ1) is 20.3. The van der Waals surface area contributed by atoms with Gasteiger partial charge in [0.25, 0.3) is 5.91 Å². The van der Waals surface area contributed by atoms with Gasteiger partial charge in [0, 0.05) is 38.8 Å². The first-order valence-corrected chi connectivity index (χ1v) is 10.3. The Balaban J connectivity index is 1.80. The van der Waals surface area contributed by atoms with Crippen molar-refractivity contribution >= 4 is 28.9 Å². The average Bonchev–Trinajstić information content (AvgIpc) is 3.32. The minimum atomic E-state index is -0.164. The third-order valence-corrected chi connectivity index (χ3v) is 5.70. The molecule has 2 amide bonds. The van der Waals surface area contributed by atoms with Gasteiger partial charge in [0.05, 0.1) is 10.6 Å². The van der Waals surface area contributed by atoms with Crippen LogP contribution in [0.1, 0.15) is 50.2 Å². The van der Waals surface area contributed by atoms with E-state index in [1.54, 1.807) is 23.4 Å². The normalized spacial score (nSPS) is 17.0. The molecule has 0 aliphatic carbocycles. The molecule has 0 spiro atoms. The number of thiophene rings is 1. The number of hydrazone groups is 1. The van der Waals surface area contributed by atoms with Gasteiger partial charge in [0.2, 0.25) is 5.91 Å². The van der Waals surface area contributed by atoms with Gasteiger partial charge in [-0.25, -0.2) is 5.01 Å². The van der Waals surface area contributed by atoms with Crippen molar-refractivity contribution in [1.82, 2.24) is 14.5 Å². The molecule has 1 atom stereocenters. The van der Waals surface area contributed by atoms with Gasteiger partial charge in [-0.1, -0.05) is 26.8 Å². The predicted octanol–water partition coefficient (Wildman–Crippen LogP) is 3.66. The third-order valence-electron chi connectivity index (χ3n) is 4.78. The van der Waals surface area contributed by atoms with Crippen molar-refractivity contribution in [1.29, 1.82) is 0 Å². The Kier molecular flexibility index (Phi) is 5.74. The lowest BCUT2D eigenvalue weighted by atomic mass is 9.92. The number of aryl methyl sites for hydroxylation is 1. The number of amides is 2. The first-order valence-electron chi connectivity index (χ1n) is 9.44. The number of carbonyl (C=O) groups excluding carboxylic acids is 2. The van der Waals surface area contributed by atoms with Crippen molar-refractivity contribution in [2.45, 2.75) is 39.7 Å². The summed E-state index contributed by atoms with van der Waals surface area (Å²) in [6.07, 6.45) is 3.05. The quantitative estimate of drug-likeness (QED) is 0.769. The van der Waals surface area contributed by atoms with Crippen LogP contribution in [0.25, 0.3) is 0 Å². The molecular weight excluding hydrogens is 372 g/mol. The molecule has 0 bridgehead atoms. The maximum absolute atomic E-state index is 13.1. The van der Waals surface area contributed by atoms with Gasteiger partial charge < -0.3 is 9.47 Å². The Bertz CT molecular complexity index is 877. The van der Waals surface area contributed by atoms with Gasteiger partial charge in [0.15, 0.2) is 0 Å². The van der Waals surface area contributed by atoms with Gasteiger partial charge in [-0.15, -0.1) is 11.3 Å². The molecule has 7 heteroatoms. The van der Waals surface area contributed by atoms with Crippen molar-refractivity contribution in [3.05, 3.63) is 46.4 Å². The molecule has 0 aromatic carbocycles. The Morgan fingerprint density at radius 3 is 2.61 bits per heavy atom. The highest BCUT2D eigenvalue weighted by Crippen LogP contribution is 2.34. The predicted molar refractivity (Wildman–Crippen MR) is 112 cm³/mol. The zero-order valence-electron chi connectivity index (χ0n) is 17.2. The lowest BCUT2D eigenvalue weighted by Gasteiger charge is -2.26. The topological polar surface area (TPSA) is 57.9 Å². The van der Waals surface area contributed by atoms with E-state index < -0.39 is 0 Å². The summed E-state index contributed by atoms with van der Waals surface area (Å²) in [5.74, 6) is -0.194. The Hall–Kier alpha value is -2.41. The van der Waals surface area contributed by atoms with Crippen LogP contribution in [0.15, 0.2) is 40.9 Å². The van der Waals surface area contributed by atoms with E-state index in [4.69, 9.17) is 0 Å². The van der Waals surface area contributed by atoms with Gasteiger partial charge in [-0.3, -0.25) is 9.59 Å². The van der Waals surface area contributed by atoms with Gasteiger partial charge >= 0.3 is 0 Å². The molecule has 28 heavy (non-hydrogen) atoms. The minimum absolute atomic E-state index is 0.0249. The fraction of sp³-hybridized carbons (Fsp3) is 0.476. The number of aromatic nitrogens is 1. The van der Waals surface area contributed by atoms with E-state index in [0.717, 1.165) is 16.3 Å². The minimum Gasteiger partial charge on any atom is -0.353 e. The first-order chi connectivity index (χ1) is 13.2. The zero-order chi connectivity index (χ0) is 20.5. The van der Waals surface area contributed by atoms with Crippen LogP contribution in [-0.4, -0.2) is 45.6 Å². The van der Waals surface area contributed by atoms with Crippen molar-refractivity contribution < 1.29 is 9.59 Å². The summed E-state index contributed by atoms with van der Waals surface area (Å²) in [5.41, 5.74) is 1.84. The molecule has 6 nitrogen and oxygen atoms in total. The largest absolute Gasteiger partial charge is 0.353 e. The van der Waals surface area contributed by atoms with Crippen molar-refractivity contribution in [2.24, 2.45) is 17.6 Å². The average molecular weight is 401 g/mol. The lowest BCUT2D eigenvalue weighted by molar-refractivity contribution is -0.141. The summed E-state index contributed by atoms with van der Waals surface area (Å²) in [5, 5.41) is 8.23. The van der Waals surface area contributed by atoms with Crippen molar-refractivity contribution in [3.63, 3.8) is 0 Å². The SMILES string of the molecule is CN(CC(=O)N1N=C(c2cccs2)CC1c1cccn1C)C(=O)CC(C)(C)C. The number of carbonyl (C=O) groups is 2. The van der Waals surface area contributed by atoms with E-state index in [1.165, 1.54) is 4.90 Å². The zero-order valence-corrected chi connectivity index (χ0v) is 18.0. The van der Waals surface area contributed by atoms with E-state index in [-0.39, 0.29) is 29.8 Å². The molecule has 1 unspecified atom stereocenters. The fourth-order valence-corrected chi connectivity index (χ4v) is 4.06. The molecular formula is C21H28N4O2S. The maximum Gasteiger partial charge on any atom is 0.262 e. The molecule has 2 aromatic rings. The molecule has 0 radical (unpaired) electrons. The molecule has 0 saturated carbocycles. The Morgan fingerprint density at radius 1 is 1.29 bits per heavy atom. The molecule has 0 N–H and O–H groups in total. The highest BCUT2D eigenvalue weighted by molar-refractivity contribution is 7.12. The van der Waals surface area contributed by atoms with Gasteiger partial charge in [-0.05, 0) is 29.0 Å². The smallest absolute Gasteiger partial charge is 0.262 e. The molecule has 2 aromatic heterocycles.